The van der Waals surface area contributed by atoms with Gasteiger partial charge in [-0.15, -0.1) is 11.3 Å². The quantitative estimate of drug-likeness (QED) is 0.373. The average Bonchev–Trinajstić information content (AvgIpc) is 3.50. The number of carboxylic acids is 1. The number of hydrogen-bond donors (Lipinski definition) is 3. The van der Waals surface area contributed by atoms with Crippen LogP contribution in [0.1, 0.15) is 107 Å². The molecule has 0 spiro atoms. The minimum absolute atomic E-state index is 0.0278. The molecule has 2 amide bonds. The molecule has 0 aromatic carbocycles. The SMILES string of the molecule is CC1CCC(C(=O)N(c2cc(C#CC(C)(C)C)sc2C(=O)O)C2CCC(NC(=O)OC3(C)CCNC3)CC2)CC1. The Morgan fingerprint density at radius 3 is 2.38 bits per heavy atom. The van der Waals surface area contributed by atoms with Gasteiger partial charge >= 0.3 is 12.1 Å². The number of carboxylic acid groups (broad SMARTS) is 1. The van der Waals surface area contributed by atoms with E-state index in [4.69, 9.17) is 4.74 Å². The Balaban J connectivity index is 1.53. The Morgan fingerprint density at radius 1 is 1.12 bits per heavy atom. The monoisotopic (exact) mass is 571 g/mol. The maximum absolute atomic E-state index is 14.1. The van der Waals surface area contributed by atoms with Gasteiger partial charge in [-0.25, -0.2) is 9.59 Å². The first kappa shape index (κ1) is 30.4. The predicted molar refractivity (Wildman–Crippen MR) is 158 cm³/mol. The van der Waals surface area contributed by atoms with Crippen LogP contribution >= 0.6 is 11.3 Å². The highest BCUT2D eigenvalue weighted by molar-refractivity contribution is 7.15. The van der Waals surface area contributed by atoms with Crippen LogP contribution in [-0.2, 0) is 9.53 Å². The first-order valence-corrected chi connectivity index (χ1v) is 15.6. The zero-order chi connectivity index (χ0) is 29.1. The molecule has 3 aliphatic rings. The van der Waals surface area contributed by atoms with Crippen LogP contribution in [0.3, 0.4) is 0 Å². The molecule has 2 heterocycles. The van der Waals surface area contributed by atoms with Crippen molar-refractivity contribution >= 4 is 35.0 Å². The van der Waals surface area contributed by atoms with Gasteiger partial charge in [-0.2, -0.15) is 0 Å². The van der Waals surface area contributed by atoms with Gasteiger partial charge in [0.1, 0.15) is 10.5 Å². The molecule has 40 heavy (non-hydrogen) atoms. The third kappa shape index (κ3) is 7.79. The molecule has 3 N–H and O–H groups in total. The van der Waals surface area contributed by atoms with Gasteiger partial charge in [0, 0.05) is 36.4 Å². The molecule has 9 heteroatoms. The fourth-order valence-electron chi connectivity index (χ4n) is 6.00. The van der Waals surface area contributed by atoms with Crippen molar-refractivity contribution in [2.75, 3.05) is 18.0 Å². The Labute approximate surface area is 242 Å². The van der Waals surface area contributed by atoms with Crippen molar-refractivity contribution in [3.8, 4) is 11.8 Å². The summed E-state index contributed by atoms with van der Waals surface area (Å²) in [5.41, 5.74) is -0.237. The molecule has 1 aliphatic heterocycles. The molecular weight excluding hydrogens is 526 g/mol. The highest BCUT2D eigenvalue weighted by Crippen LogP contribution is 2.39. The number of hydrogen-bond acceptors (Lipinski definition) is 6. The molecule has 3 fully saturated rings. The van der Waals surface area contributed by atoms with E-state index in [-0.39, 0.29) is 34.2 Å². The Kier molecular flexibility index (Phi) is 9.51. The number of anilines is 1. The Morgan fingerprint density at radius 2 is 1.80 bits per heavy atom. The second-order valence-electron chi connectivity index (χ2n) is 13.2. The van der Waals surface area contributed by atoms with Crippen LogP contribution < -0.4 is 15.5 Å². The van der Waals surface area contributed by atoms with Gasteiger partial charge in [-0.05, 0) is 97.6 Å². The molecule has 1 unspecified atom stereocenters. The molecule has 1 atom stereocenters. The van der Waals surface area contributed by atoms with Crippen molar-refractivity contribution in [2.24, 2.45) is 17.3 Å². The Bertz CT molecular complexity index is 1140. The van der Waals surface area contributed by atoms with Crippen LogP contribution in [-0.4, -0.2) is 53.9 Å². The van der Waals surface area contributed by atoms with E-state index in [1.807, 2.05) is 27.7 Å². The van der Waals surface area contributed by atoms with Crippen molar-refractivity contribution in [2.45, 2.75) is 110 Å². The van der Waals surface area contributed by atoms with E-state index in [2.05, 4.69) is 29.4 Å². The van der Waals surface area contributed by atoms with Crippen molar-refractivity contribution in [1.29, 1.82) is 0 Å². The molecule has 1 aromatic rings. The van der Waals surface area contributed by atoms with E-state index in [1.165, 1.54) is 0 Å². The van der Waals surface area contributed by atoms with Gasteiger partial charge < -0.3 is 25.4 Å². The highest BCUT2D eigenvalue weighted by atomic mass is 32.1. The molecule has 8 nitrogen and oxygen atoms in total. The fourth-order valence-corrected chi connectivity index (χ4v) is 6.84. The third-order valence-electron chi connectivity index (χ3n) is 8.38. The van der Waals surface area contributed by atoms with Crippen molar-refractivity contribution in [3.05, 3.63) is 15.8 Å². The number of aromatic carboxylic acids is 1. The highest BCUT2D eigenvalue weighted by Gasteiger charge is 2.38. The molecule has 1 saturated heterocycles. The smallest absolute Gasteiger partial charge is 0.407 e. The summed E-state index contributed by atoms with van der Waals surface area (Å²) >= 11 is 1.14. The summed E-state index contributed by atoms with van der Waals surface area (Å²) in [4.78, 5) is 41.7. The van der Waals surface area contributed by atoms with Crippen LogP contribution in [0.15, 0.2) is 6.07 Å². The van der Waals surface area contributed by atoms with E-state index < -0.39 is 17.7 Å². The second-order valence-corrected chi connectivity index (χ2v) is 14.3. The van der Waals surface area contributed by atoms with E-state index in [0.717, 1.165) is 50.0 Å². The summed E-state index contributed by atoms with van der Waals surface area (Å²) in [5.74, 6) is 5.84. The molecular formula is C31H45N3O5S. The maximum atomic E-state index is 14.1. The average molecular weight is 572 g/mol. The third-order valence-corrected chi connectivity index (χ3v) is 9.41. The number of rotatable bonds is 6. The van der Waals surface area contributed by atoms with Gasteiger partial charge in [0.2, 0.25) is 5.91 Å². The van der Waals surface area contributed by atoms with E-state index in [0.29, 0.717) is 48.7 Å². The lowest BCUT2D eigenvalue weighted by atomic mass is 9.81. The van der Waals surface area contributed by atoms with Gasteiger partial charge in [-0.1, -0.05) is 18.8 Å². The van der Waals surface area contributed by atoms with Crippen molar-refractivity contribution in [3.63, 3.8) is 0 Å². The van der Waals surface area contributed by atoms with Gasteiger partial charge in [0.15, 0.2) is 0 Å². The van der Waals surface area contributed by atoms with Crippen LogP contribution in [0.4, 0.5) is 10.5 Å². The number of alkyl carbamates (subject to hydrolysis) is 1. The number of thiophene rings is 1. The molecule has 2 aliphatic carbocycles. The maximum Gasteiger partial charge on any atom is 0.407 e. The van der Waals surface area contributed by atoms with Crippen molar-refractivity contribution in [1.82, 2.24) is 10.6 Å². The van der Waals surface area contributed by atoms with E-state index in [9.17, 15) is 19.5 Å². The van der Waals surface area contributed by atoms with Gasteiger partial charge in [0.25, 0.3) is 0 Å². The summed E-state index contributed by atoms with van der Waals surface area (Å²) in [6.45, 7) is 11.7. The molecule has 4 rings (SSSR count). The number of carbonyl (C=O) groups excluding carboxylic acids is 2. The summed E-state index contributed by atoms with van der Waals surface area (Å²) in [6, 6.07) is 1.63. The zero-order valence-electron chi connectivity index (χ0n) is 24.6. The van der Waals surface area contributed by atoms with Gasteiger partial charge in [0.05, 0.1) is 10.6 Å². The standard InChI is InChI=1S/C31H45N3O5S/c1-20-6-8-21(9-7-20)27(35)34(25-18-24(14-15-30(2,3)4)40-26(25)28(36)37)23-12-10-22(11-13-23)33-29(38)39-31(5)16-17-32-19-31/h18,20-23,32H,6-13,16-17,19H2,1-5H3,(H,33,38)(H,36,37). The molecule has 220 valence electrons. The van der Waals surface area contributed by atoms with Crippen molar-refractivity contribution < 1.29 is 24.2 Å². The summed E-state index contributed by atoms with van der Waals surface area (Å²) in [6.07, 6.45) is 6.82. The van der Waals surface area contributed by atoms with Gasteiger partial charge in [-0.3, -0.25) is 4.79 Å². The largest absolute Gasteiger partial charge is 0.477 e. The van der Waals surface area contributed by atoms with Crippen LogP contribution in [0.2, 0.25) is 0 Å². The van der Waals surface area contributed by atoms with Crippen LogP contribution in [0.5, 0.6) is 0 Å². The number of nitrogens with zero attached hydrogens (tertiary/aromatic N) is 1. The molecule has 0 bridgehead atoms. The number of carbonyl (C=O) groups is 3. The molecule has 1 aromatic heterocycles. The van der Waals surface area contributed by atoms with Crippen LogP contribution in [0, 0.1) is 29.1 Å². The number of ether oxygens (including phenoxy) is 1. The van der Waals surface area contributed by atoms with Crippen LogP contribution in [0.25, 0.3) is 0 Å². The lowest BCUT2D eigenvalue weighted by molar-refractivity contribution is -0.124. The lowest BCUT2D eigenvalue weighted by Gasteiger charge is -2.39. The Hall–Kier alpha value is -2.57. The number of amides is 2. The van der Waals surface area contributed by atoms with E-state index >= 15 is 0 Å². The topological polar surface area (TPSA) is 108 Å². The second kappa shape index (κ2) is 12.5. The predicted octanol–water partition coefficient (Wildman–Crippen LogP) is 5.79. The minimum Gasteiger partial charge on any atom is -0.477 e. The lowest BCUT2D eigenvalue weighted by Crippen LogP contribution is -2.49. The summed E-state index contributed by atoms with van der Waals surface area (Å²) < 4.78 is 5.71. The molecule has 2 saturated carbocycles. The first-order valence-electron chi connectivity index (χ1n) is 14.8. The summed E-state index contributed by atoms with van der Waals surface area (Å²) in [5, 5.41) is 16.4. The molecule has 0 radical (unpaired) electrons. The number of nitrogens with one attached hydrogen (secondary N) is 2. The first-order chi connectivity index (χ1) is 18.8. The fraction of sp³-hybridized carbons (Fsp3) is 0.710. The van der Waals surface area contributed by atoms with E-state index in [1.54, 1.807) is 11.0 Å². The normalized spacial score (nSPS) is 28.7. The minimum atomic E-state index is -1.04. The summed E-state index contributed by atoms with van der Waals surface area (Å²) in [7, 11) is 0. The zero-order valence-corrected chi connectivity index (χ0v) is 25.4.